The van der Waals surface area contributed by atoms with E-state index in [2.05, 4.69) is 32.2 Å². The van der Waals surface area contributed by atoms with Crippen molar-refractivity contribution in [2.75, 3.05) is 24.3 Å². The maximum Gasteiger partial charge on any atom is 0.235 e. The van der Waals surface area contributed by atoms with Crippen LogP contribution in [0.1, 0.15) is 68.1 Å². The Balaban J connectivity index is 1.78. The molecular weight excluding hydrogens is 398 g/mol. The van der Waals surface area contributed by atoms with Crippen LogP contribution >= 0.6 is 11.8 Å². The normalized spacial score (nSPS) is 23.4. The summed E-state index contributed by atoms with van der Waals surface area (Å²) < 4.78 is 14.0. The molecule has 0 bridgehead atoms. The number of thioether (sulfide) groups is 1. The average Bonchev–Trinajstić information content (AvgIpc) is 2.91. The lowest BCUT2D eigenvalue weighted by atomic mass is 9.94. The van der Waals surface area contributed by atoms with Crippen LogP contribution in [0.3, 0.4) is 0 Å². The van der Waals surface area contributed by atoms with Crippen molar-refractivity contribution >= 4 is 23.5 Å². The zero-order valence-corrected chi connectivity index (χ0v) is 19.1. The molecule has 1 N–H and O–H groups in total. The molecule has 0 saturated carbocycles. The zero-order valence-electron chi connectivity index (χ0n) is 18.2. The minimum Gasteiger partial charge on any atom is -0.493 e. The maximum absolute atomic E-state index is 12.6. The lowest BCUT2D eigenvalue weighted by Crippen LogP contribution is -2.36. The summed E-state index contributed by atoms with van der Waals surface area (Å²) in [4.78, 5) is 12.6. The number of carbonyl (C=O) groups is 1. The molecule has 2 aliphatic rings. The van der Waals surface area contributed by atoms with Crippen molar-refractivity contribution in [3.8, 4) is 5.75 Å². The van der Waals surface area contributed by atoms with Gasteiger partial charge in [-0.15, -0.1) is 11.8 Å². The zero-order chi connectivity index (χ0) is 21.3. The molecule has 7 heteroatoms. The number of hydrogen-bond acceptors (Lipinski definition) is 5. The molecule has 1 fully saturated rings. The number of fused-ring (bicyclic) bond motifs is 1. The molecule has 3 heterocycles. The van der Waals surface area contributed by atoms with Crippen molar-refractivity contribution < 1.29 is 14.3 Å². The van der Waals surface area contributed by atoms with Crippen molar-refractivity contribution in [3.05, 3.63) is 41.1 Å². The first-order valence-corrected chi connectivity index (χ1v) is 11.8. The Morgan fingerprint density at radius 1 is 1.37 bits per heavy atom. The van der Waals surface area contributed by atoms with Gasteiger partial charge in [0.2, 0.25) is 5.91 Å². The second-order valence-corrected chi connectivity index (χ2v) is 9.77. The second kappa shape index (κ2) is 8.63. The quantitative estimate of drug-likeness (QED) is 0.733. The minimum atomic E-state index is -0.195. The van der Waals surface area contributed by atoms with Crippen LogP contribution in [0.25, 0.3) is 0 Å². The van der Waals surface area contributed by atoms with Gasteiger partial charge in [-0.1, -0.05) is 25.1 Å². The number of rotatable bonds is 5. The predicted molar refractivity (Wildman–Crippen MR) is 120 cm³/mol. The number of nitrogens with zero attached hydrogens (tertiary/aromatic N) is 2. The fraction of sp³-hybridized carbons (Fsp3) is 0.565. The van der Waals surface area contributed by atoms with Crippen molar-refractivity contribution in [1.29, 1.82) is 0 Å². The van der Waals surface area contributed by atoms with E-state index in [-0.39, 0.29) is 22.8 Å². The molecule has 0 unspecified atom stereocenters. The Bertz CT molecular complexity index is 924. The fourth-order valence-electron chi connectivity index (χ4n) is 4.37. The molecule has 2 aromatic rings. The van der Waals surface area contributed by atoms with Crippen LogP contribution in [0.2, 0.25) is 0 Å². The monoisotopic (exact) mass is 429 g/mol. The van der Waals surface area contributed by atoms with E-state index in [1.807, 2.05) is 29.8 Å². The van der Waals surface area contributed by atoms with Crippen LogP contribution in [0.5, 0.6) is 5.75 Å². The standard InChI is InChI=1S/C23H31N3O3S/c1-5-11-28-18-9-7-6-8-17(18)21-20-15(2)25-26(22(20)24-19(27)14-30-21)16-10-12-29-23(3,4)13-16/h6-9,16,21H,5,10-14H2,1-4H3,(H,24,27)/t16-,21+/m1/s1. The van der Waals surface area contributed by atoms with Crippen molar-refractivity contribution in [2.24, 2.45) is 0 Å². The highest BCUT2D eigenvalue weighted by atomic mass is 32.2. The first-order chi connectivity index (χ1) is 14.4. The van der Waals surface area contributed by atoms with E-state index in [1.165, 1.54) is 0 Å². The van der Waals surface area contributed by atoms with E-state index in [1.54, 1.807) is 11.8 Å². The summed E-state index contributed by atoms with van der Waals surface area (Å²) in [5.74, 6) is 2.14. The molecular formula is C23H31N3O3S. The minimum absolute atomic E-state index is 0.00592. The van der Waals surface area contributed by atoms with Crippen LogP contribution in [0.4, 0.5) is 5.82 Å². The number of benzene rings is 1. The molecule has 6 nitrogen and oxygen atoms in total. The van der Waals surface area contributed by atoms with Crippen LogP contribution < -0.4 is 10.1 Å². The molecule has 1 aromatic heterocycles. The number of anilines is 1. The lowest BCUT2D eigenvalue weighted by Gasteiger charge is -2.36. The SMILES string of the molecule is CCCOc1ccccc1[C@@H]1SCC(=O)Nc2c1c(C)nn2[C@@H]1CCOC(C)(C)C1. The van der Waals surface area contributed by atoms with Crippen LogP contribution in [-0.4, -0.2) is 40.3 Å². The van der Waals surface area contributed by atoms with E-state index in [4.69, 9.17) is 14.6 Å². The Hall–Kier alpha value is -1.99. The van der Waals surface area contributed by atoms with E-state index >= 15 is 0 Å². The molecule has 2 aliphatic heterocycles. The summed E-state index contributed by atoms with van der Waals surface area (Å²) in [6, 6.07) is 8.37. The number of para-hydroxylation sites is 1. The van der Waals surface area contributed by atoms with Crippen LogP contribution in [-0.2, 0) is 9.53 Å². The average molecular weight is 430 g/mol. The largest absolute Gasteiger partial charge is 0.493 e. The second-order valence-electron chi connectivity index (χ2n) is 8.67. The molecule has 1 saturated heterocycles. The fourth-order valence-corrected chi connectivity index (χ4v) is 5.58. The van der Waals surface area contributed by atoms with Gasteiger partial charge in [-0.05, 0) is 46.1 Å². The van der Waals surface area contributed by atoms with Gasteiger partial charge < -0.3 is 14.8 Å². The van der Waals surface area contributed by atoms with Gasteiger partial charge in [0.25, 0.3) is 0 Å². The van der Waals surface area contributed by atoms with Crippen molar-refractivity contribution in [1.82, 2.24) is 9.78 Å². The highest BCUT2D eigenvalue weighted by Crippen LogP contribution is 2.47. The molecule has 0 aliphatic carbocycles. The van der Waals surface area contributed by atoms with Crippen molar-refractivity contribution in [3.63, 3.8) is 0 Å². The third-order valence-corrected chi connectivity index (χ3v) is 6.96. The van der Waals surface area contributed by atoms with Gasteiger partial charge in [0.1, 0.15) is 11.6 Å². The van der Waals surface area contributed by atoms with Crippen LogP contribution in [0.15, 0.2) is 24.3 Å². The first kappa shape index (κ1) is 21.2. The van der Waals surface area contributed by atoms with Gasteiger partial charge in [-0.3, -0.25) is 4.79 Å². The van der Waals surface area contributed by atoms with Gasteiger partial charge in [0.15, 0.2) is 0 Å². The van der Waals surface area contributed by atoms with E-state index < -0.39 is 0 Å². The summed E-state index contributed by atoms with van der Waals surface area (Å²) in [6.45, 7) is 9.76. The molecule has 2 atom stereocenters. The van der Waals surface area contributed by atoms with Gasteiger partial charge in [-0.2, -0.15) is 5.10 Å². The molecule has 0 spiro atoms. The Morgan fingerprint density at radius 2 is 2.17 bits per heavy atom. The van der Waals surface area contributed by atoms with Crippen LogP contribution in [0, 0.1) is 6.92 Å². The Morgan fingerprint density at radius 3 is 2.93 bits per heavy atom. The summed E-state index contributed by atoms with van der Waals surface area (Å²) in [5.41, 5.74) is 2.95. The molecule has 1 amide bonds. The predicted octanol–water partition coefficient (Wildman–Crippen LogP) is 4.89. The van der Waals surface area contributed by atoms with Gasteiger partial charge in [0.05, 0.1) is 34.9 Å². The maximum atomic E-state index is 12.6. The van der Waals surface area contributed by atoms with E-state index in [0.29, 0.717) is 19.0 Å². The smallest absolute Gasteiger partial charge is 0.235 e. The Kier molecular flexibility index (Phi) is 6.11. The number of nitrogens with one attached hydrogen (secondary N) is 1. The number of carbonyl (C=O) groups excluding carboxylic acids is 1. The van der Waals surface area contributed by atoms with E-state index in [0.717, 1.165) is 47.7 Å². The number of hydrogen-bond donors (Lipinski definition) is 1. The van der Waals surface area contributed by atoms with Crippen molar-refractivity contribution in [2.45, 2.75) is 63.9 Å². The number of ether oxygens (including phenoxy) is 2. The molecule has 4 rings (SSSR count). The summed E-state index contributed by atoms with van der Waals surface area (Å²) in [6.07, 6.45) is 2.71. The highest BCUT2D eigenvalue weighted by molar-refractivity contribution is 8.00. The molecule has 0 radical (unpaired) electrons. The van der Waals surface area contributed by atoms with Gasteiger partial charge in [0, 0.05) is 17.7 Å². The lowest BCUT2D eigenvalue weighted by molar-refractivity contribution is -0.113. The Labute approximate surface area is 182 Å². The first-order valence-electron chi connectivity index (χ1n) is 10.8. The molecule has 1 aromatic carbocycles. The third-order valence-electron chi connectivity index (χ3n) is 5.71. The third kappa shape index (κ3) is 4.23. The number of amides is 1. The summed E-state index contributed by atoms with van der Waals surface area (Å²) >= 11 is 1.64. The molecule has 30 heavy (non-hydrogen) atoms. The summed E-state index contributed by atoms with van der Waals surface area (Å²) in [5, 5.41) is 8.07. The van der Waals surface area contributed by atoms with Gasteiger partial charge >= 0.3 is 0 Å². The number of aromatic nitrogens is 2. The topological polar surface area (TPSA) is 65.4 Å². The van der Waals surface area contributed by atoms with E-state index in [9.17, 15) is 4.79 Å². The molecule has 162 valence electrons. The summed E-state index contributed by atoms with van der Waals surface area (Å²) in [7, 11) is 0. The number of aryl methyl sites for hydroxylation is 1. The van der Waals surface area contributed by atoms with Gasteiger partial charge in [-0.25, -0.2) is 4.68 Å². The highest BCUT2D eigenvalue weighted by Gasteiger charge is 2.36.